The Labute approximate surface area is 202 Å². The van der Waals surface area contributed by atoms with Crippen molar-refractivity contribution in [3.05, 3.63) is 96.2 Å². The van der Waals surface area contributed by atoms with Gasteiger partial charge < -0.3 is 15.8 Å². The molecule has 3 N–H and O–H groups in total. The van der Waals surface area contributed by atoms with Crippen molar-refractivity contribution in [1.82, 2.24) is 4.98 Å². The van der Waals surface area contributed by atoms with Crippen LogP contribution in [0.3, 0.4) is 0 Å². The van der Waals surface area contributed by atoms with E-state index in [0.29, 0.717) is 17.0 Å². The summed E-state index contributed by atoms with van der Waals surface area (Å²) in [5.74, 6) is -0.472. The molecule has 34 heavy (non-hydrogen) atoms. The first kappa shape index (κ1) is 23.1. The van der Waals surface area contributed by atoms with Gasteiger partial charge in [-0.05, 0) is 72.0 Å². The van der Waals surface area contributed by atoms with Crippen molar-refractivity contribution < 1.29 is 14.3 Å². The molecule has 0 atom stereocenters. The van der Waals surface area contributed by atoms with E-state index < -0.39 is 5.91 Å². The minimum atomic E-state index is -0.577. The summed E-state index contributed by atoms with van der Waals surface area (Å²) in [6.45, 7) is 0. The molecule has 1 aromatic heterocycles. The highest BCUT2D eigenvalue weighted by atomic mass is 32.2. The van der Waals surface area contributed by atoms with E-state index in [9.17, 15) is 9.59 Å². The number of primary amides is 1. The summed E-state index contributed by atoms with van der Waals surface area (Å²) >= 11 is 1.58. The summed E-state index contributed by atoms with van der Waals surface area (Å²) < 4.78 is 5.36. The number of nitrogens with zero attached hydrogens (tertiary/aromatic N) is 1. The van der Waals surface area contributed by atoms with Gasteiger partial charge in [0.15, 0.2) is 0 Å². The number of carbonyl (C=O) groups is 2. The molecule has 170 valence electrons. The van der Waals surface area contributed by atoms with Crippen LogP contribution in [-0.2, 0) is 0 Å². The van der Waals surface area contributed by atoms with E-state index in [-0.39, 0.29) is 11.5 Å². The van der Waals surface area contributed by atoms with E-state index in [2.05, 4.69) is 10.3 Å². The second-order valence-corrected chi connectivity index (χ2v) is 8.32. The predicted molar refractivity (Wildman–Crippen MR) is 136 cm³/mol. The Balaban J connectivity index is 1.71. The average Bonchev–Trinajstić information content (AvgIpc) is 2.88. The van der Waals surface area contributed by atoms with Crippen LogP contribution in [0.1, 0.15) is 20.7 Å². The van der Waals surface area contributed by atoms with Gasteiger partial charge in [0.2, 0.25) is 0 Å². The molecule has 4 aromatic rings. The van der Waals surface area contributed by atoms with E-state index >= 15 is 0 Å². The van der Waals surface area contributed by atoms with E-state index in [1.807, 2.05) is 60.9 Å². The fourth-order valence-corrected chi connectivity index (χ4v) is 4.08. The van der Waals surface area contributed by atoms with E-state index in [4.69, 9.17) is 10.5 Å². The molecule has 0 saturated heterocycles. The van der Waals surface area contributed by atoms with Gasteiger partial charge in [0.25, 0.3) is 11.8 Å². The lowest BCUT2D eigenvalue weighted by atomic mass is 9.97. The highest BCUT2D eigenvalue weighted by Gasteiger charge is 2.17. The number of pyridine rings is 1. The van der Waals surface area contributed by atoms with Gasteiger partial charge in [-0.2, -0.15) is 0 Å². The molecule has 0 unspecified atom stereocenters. The molecule has 0 aliphatic heterocycles. The first-order valence-electron chi connectivity index (χ1n) is 10.5. The van der Waals surface area contributed by atoms with Crippen molar-refractivity contribution in [2.24, 2.45) is 5.73 Å². The average molecular weight is 470 g/mol. The number of rotatable bonds is 7. The Hall–Kier alpha value is -4.10. The summed E-state index contributed by atoms with van der Waals surface area (Å²) in [5, 5.41) is 3.00. The van der Waals surface area contributed by atoms with E-state index in [1.54, 1.807) is 42.2 Å². The quantitative estimate of drug-likeness (QED) is 0.349. The Morgan fingerprint density at radius 1 is 0.912 bits per heavy atom. The monoisotopic (exact) mass is 469 g/mol. The molecular formula is C27H23N3O3S. The zero-order valence-electron chi connectivity index (χ0n) is 18.7. The van der Waals surface area contributed by atoms with E-state index in [0.717, 1.165) is 27.3 Å². The number of hydrogen-bond acceptors (Lipinski definition) is 5. The van der Waals surface area contributed by atoms with Gasteiger partial charge in [-0.25, -0.2) is 0 Å². The number of hydrogen-bond donors (Lipinski definition) is 2. The first-order chi connectivity index (χ1) is 16.5. The molecule has 6 nitrogen and oxygen atoms in total. The van der Waals surface area contributed by atoms with Crippen molar-refractivity contribution in [1.29, 1.82) is 0 Å². The SMILES string of the molecule is COc1cc(-c2cc(SC)ccc2C(=O)Nc2cccc(-c3ccccn3)c2)ccc1C(N)=O. The molecule has 4 rings (SSSR count). The minimum Gasteiger partial charge on any atom is -0.496 e. The van der Waals surface area contributed by atoms with Gasteiger partial charge in [0.1, 0.15) is 5.75 Å². The third-order valence-electron chi connectivity index (χ3n) is 5.33. The maximum absolute atomic E-state index is 13.3. The molecule has 1 heterocycles. The van der Waals surface area contributed by atoms with Crippen LogP contribution in [0.15, 0.2) is 90.0 Å². The summed E-state index contributed by atoms with van der Waals surface area (Å²) in [7, 11) is 1.48. The zero-order valence-corrected chi connectivity index (χ0v) is 19.6. The Morgan fingerprint density at radius 3 is 2.44 bits per heavy atom. The number of anilines is 1. The molecule has 0 fully saturated rings. The minimum absolute atomic E-state index is 0.251. The van der Waals surface area contributed by atoms with Crippen LogP contribution < -0.4 is 15.8 Å². The number of ether oxygens (including phenoxy) is 1. The smallest absolute Gasteiger partial charge is 0.256 e. The summed E-state index contributed by atoms with van der Waals surface area (Å²) in [5.41, 5.74) is 10.1. The van der Waals surface area contributed by atoms with Gasteiger partial charge >= 0.3 is 0 Å². The van der Waals surface area contributed by atoms with Gasteiger partial charge in [-0.15, -0.1) is 11.8 Å². The highest BCUT2D eigenvalue weighted by Crippen LogP contribution is 2.33. The standard InChI is InChI=1S/C27H23N3O3S/c1-33-25-15-17(9-11-22(25)26(28)31)23-16-20(34-2)10-12-21(23)27(32)30-19-7-5-6-18(14-19)24-8-3-4-13-29-24/h3-16H,1-2H3,(H2,28,31)(H,30,32). The van der Waals surface area contributed by atoms with Gasteiger partial charge in [0.05, 0.1) is 18.4 Å². The second-order valence-electron chi connectivity index (χ2n) is 7.44. The van der Waals surface area contributed by atoms with Crippen LogP contribution in [0.4, 0.5) is 5.69 Å². The molecule has 0 aliphatic rings. The number of carbonyl (C=O) groups excluding carboxylic acids is 2. The van der Waals surface area contributed by atoms with Crippen LogP contribution >= 0.6 is 11.8 Å². The number of nitrogens with two attached hydrogens (primary N) is 1. The maximum Gasteiger partial charge on any atom is 0.256 e. The fourth-order valence-electron chi connectivity index (χ4n) is 3.64. The number of thioether (sulfide) groups is 1. The molecule has 0 aliphatic carbocycles. The summed E-state index contributed by atoms with van der Waals surface area (Å²) in [6.07, 6.45) is 3.71. The fraction of sp³-hybridized carbons (Fsp3) is 0.0741. The van der Waals surface area contributed by atoms with Gasteiger partial charge in [-0.1, -0.05) is 24.3 Å². The van der Waals surface area contributed by atoms with Crippen molar-refractivity contribution in [2.75, 3.05) is 18.7 Å². The highest BCUT2D eigenvalue weighted by molar-refractivity contribution is 7.98. The predicted octanol–water partition coefficient (Wildman–Crippen LogP) is 5.50. The Morgan fingerprint density at radius 2 is 1.74 bits per heavy atom. The second kappa shape index (κ2) is 10.2. The number of benzene rings is 3. The third kappa shape index (κ3) is 4.94. The van der Waals surface area contributed by atoms with E-state index in [1.165, 1.54) is 7.11 Å². The van der Waals surface area contributed by atoms with Crippen LogP contribution in [0, 0.1) is 0 Å². The number of amides is 2. The molecule has 0 radical (unpaired) electrons. The zero-order chi connectivity index (χ0) is 24.1. The van der Waals surface area contributed by atoms with Gasteiger partial charge in [-0.3, -0.25) is 14.6 Å². The largest absolute Gasteiger partial charge is 0.496 e. The maximum atomic E-state index is 13.3. The third-order valence-corrected chi connectivity index (χ3v) is 6.06. The van der Waals surface area contributed by atoms with Crippen molar-refractivity contribution in [3.63, 3.8) is 0 Å². The van der Waals surface area contributed by atoms with Crippen LogP contribution in [0.25, 0.3) is 22.4 Å². The topological polar surface area (TPSA) is 94.3 Å². The lowest BCUT2D eigenvalue weighted by Crippen LogP contribution is -2.14. The molecular weight excluding hydrogens is 446 g/mol. The lowest BCUT2D eigenvalue weighted by molar-refractivity contribution is 0.0994. The molecule has 7 heteroatoms. The number of nitrogens with one attached hydrogen (secondary N) is 1. The van der Waals surface area contributed by atoms with Crippen LogP contribution in [-0.4, -0.2) is 30.2 Å². The number of aromatic nitrogens is 1. The first-order valence-corrected chi connectivity index (χ1v) is 11.7. The molecule has 0 spiro atoms. The van der Waals surface area contributed by atoms with Crippen LogP contribution in [0.2, 0.25) is 0 Å². The summed E-state index contributed by atoms with van der Waals surface area (Å²) in [4.78, 5) is 30.4. The van der Waals surface area contributed by atoms with Crippen molar-refractivity contribution in [3.8, 4) is 28.1 Å². The molecule has 3 aromatic carbocycles. The molecule has 0 saturated carbocycles. The Kier molecular flexibility index (Phi) is 6.94. The van der Waals surface area contributed by atoms with Gasteiger partial charge in [0, 0.05) is 27.9 Å². The normalized spacial score (nSPS) is 10.5. The number of methoxy groups -OCH3 is 1. The molecule has 2 amide bonds. The molecule has 0 bridgehead atoms. The Bertz CT molecular complexity index is 1360. The summed E-state index contributed by atoms with van der Waals surface area (Å²) in [6, 6.07) is 24.0. The van der Waals surface area contributed by atoms with Crippen molar-refractivity contribution in [2.45, 2.75) is 4.90 Å². The van der Waals surface area contributed by atoms with Crippen LogP contribution in [0.5, 0.6) is 5.75 Å². The van der Waals surface area contributed by atoms with Crippen molar-refractivity contribution >= 4 is 29.3 Å². The lowest BCUT2D eigenvalue weighted by Gasteiger charge is -2.14.